The van der Waals surface area contributed by atoms with E-state index in [0.717, 1.165) is 11.4 Å². The van der Waals surface area contributed by atoms with Gasteiger partial charge in [0.25, 0.3) is 5.95 Å². The summed E-state index contributed by atoms with van der Waals surface area (Å²) >= 11 is 17.5. The Balaban J connectivity index is 2.08. The van der Waals surface area contributed by atoms with Crippen LogP contribution in [0.5, 0.6) is 0 Å². The third-order valence-electron chi connectivity index (χ3n) is 3.13. The summed E-state index contributed by atoms with van der Waals surface area (Å²) in [6.07, 6.45) is 1.55. The fourth-order valence-corrected chi connectivity index (χ4v) is 2.77. The van der Waals surface area contributed by atoms with E-state index in [1.165, 1.54) is 4.68 Å². The standard InChI is InChI=1S/C14H12Cl2N6S/c1-8-6-9(2)21(20-8)13-18-19-14(23)22(13)17-7-10-11(15)4-3-5-12(10)16/h3-7H,1-2H3,(H,19,23)/b17-7-. The summed E-state index contributed by atoms with van der Waals surface area (Å²) in [5, 5.41) is 16.6. The number of hydrogen-bond donors (Lipinski definition) is 1. The second-order valence-electron chi connectivity index (χ2n) is 4.86. The second-order valence-corrected chi connectivity index (χ2v) is 6.06. The van der Waals surface area contributed by atoms with Crippen LogP contribution in [0.15, 0.2) is 29.4 Å². The molecular formula is C14H12Cl2N6S. The number of aromatic nitrogens is 5. The normalized spacial score (nSPS) is 11.5. The van der Waals surface area contributed by atoms with Crippen molar-refractivity contribution in [1.29, 1.82) is 0 Å². The molecule has 118 valence electrons. The third-order valence-corrected chi connectivity index (χ3v) is 4.06. The Morgan fingerprint density at radius 2 is 1.96 bits per heavy atom. The molecule has 0 aliphatic heterocycles. The summed E-state index contributed by atoms with van der Waals surface area (Å²) in [6.45, 7) is 3.83. The van der Waals surface area contributed by atoms with Crippen LogP contribution in [0.3, 0.4) is 0 Å². The Labute approximate surface area is 147 Å². The molecule has 23 heavy (non-hydrogen) atoms. The van der Waals surface area contributed by atoms with E-state index in [4.69, 9.17) is 35.4 Å². The number of aryl methyl sites for hydroxylation is 2. The zero-order valence-electron chi connectivity index (χ0n) is 12.3. The number of hydrogen-bond acceptors (Lipinski definition) is 4. The summed E-state index contributed by atoms with van der Waals surface area (Å²) in [6, 6.07) is 7.19. The van der Waals surface area contributed by atoms with Gasteiger partial charge in [-0.2, -0.15) is 14.9 Å². The molecule has 2 aromatic heterocycles. The van der Waals surface area contributed by atoms with Gasteiger partial charge in [0, 0.05) is 11.3 Å². The summed E-state index contributed by atoms with van der Waals surface area (Å²) in [5.41, 5.74) is 2.41. The highest BCUT2D eigenvalue weighted by atomic mass is 35.5. The van der Waals surface area contributed by atoms with Crippen LogP contribution in [-0.4, -0.2) is 30.9 Å². The minimum atomic E-state index is 0.340. The maximum Gasteiger partial charge on any atom is 0.271 e. The quantitative estimate of drug-likeness (QED) is 0.564. The number of benzene rings is 1. The molecule has 0 saturated heterocycles. The maximum absolute atomic E-state index is 6.14. The van der Waals surface area contributed by atoms with Crippen LogP contribution in [-0.2, 0) is 0 Å². The van der Waals surface area contributed by atoms with Crippen LogP contribution < -0.4 is 0 Å². The molecule has 0 atom stereocenters. The van der Waals surface area contributed by atoms with Crippen molar-refractivity contribution in [1.82, 2.24) is 24.7 Å². The smallest absolute Gasteiger partial charge is 0.248 e. The molecule has 0 amide bonds. The van der Waals surface area contributed by atoms with Crippen molar-refractivity contribution in [2.75, 3.05) is 0 Å². The largest absolute Gasteiger partial charge is 0.271 e. The van der Waals surface area contributed by atoms with Crippen molar-refractivity contribution in [3.8, 4) is 5.95 Å². The van der Waals surface area contributed by atoms with Crippen LogP contribution in [0.1, 0.15) is 17.0 Å². The van der Waals surface area contributed by atoms with Gasteiger partial charge in [-0.05, 0) is 44.3 Å². The molecule has 0 fully saturated rings. The summed E-state index contributed by atoms with van der Waals surface area (Å²) in [5.74, 6) is 0.458. The second kappa shape index (κ2) is 6.27. The van der Waals surface area contributed by atoms with E-state index in [2.05, 4.69) is 20.4 Å². The molecule has 0 bridgehead atoms. The first-order valence-electron chi connectivity index (χ1n) is 6.67. The lowest BCUT2D eigenvalue weighted by molar-refractivity contribution is 0.714. The Morgan fingerprint density at radius 1 is 1.26 bits per heavy atom. The van der Waals surface area contributed by atoms with E-state index in [1.807, 2.05) is 19.9 Å². The van der Waals surface area contributed by atoms with E-state index >= 15 is 0 Å². The monoisotopic (exact) mass is 366 g/mol. The van der Waals surface area contributed by atoms with E-state index in [1.54, 1.807) is 29.1 Å². The van der Waals surface area contributed by atoms with Gasteiger partial charge in [0.2, 0.25) is 4.77 Å². The molecule has 2 heterocycles. The molecule has 1 aromatic carbocycles. The van der Waals surface area contributed by atoms with Crippen molar-refractivity contribution in [2.24, 2.45) is 5.10 Å². The molecule has 0 aliphatic rings. The van der Waals surface area contributed by atoms with Crippen molar-refractivity contribution in [2.45, 2.75) is 13.8 Å². The molecule has 6 nitrogen and oxygen atoms in total. The van der Waals surface area contributed by atoms with Crippen molar-refractivity contribution in [3.05, 3.63) is 56.0 Å². The van der Waals surface area contributed by atoms with E-state index in [0.29, 0.717) is 26.3 Å². The van der Waals surface area contributed by atoms with Crippen molar-refractivity contribution < 1.29 is 0 Å². The predicted octanol–water partition coefficient (Wildman–Crippen LogP) is 3.93. The van der Waals surface area contributed by atoms with Gasteiger partial charge in [-0.3, -0.25) is 0 Å². The van der Waals surface area contributed by atoms with Gasteiger partial charge in [-0.25, -0.2) is 9.78 Å². The Kier molecular flexibility index (Phi) is 4.34. The molecule has 3 aromatic rings. The van der Waals surface area contributed by atoms with Gasteiger partial charge in [-0.15, -0.1) is 5.10 Å². The first kappa shape index (κ1) is 15.9. The Bertz CT molecular complexity index is 932. The fraction of sp³-hybridized carbons (Fsp3) is 0.143. The van der Waals surface area contributed by atoms with Crippen molar-refractivity contribution in [3.63, 3.8) is 0 Å². The minimum Gasteiger partial charge on any atom is -0.248 e. The van der Waals surface area contributed by atoms with Crippen LogP contribution in [0.2, 0.25) is 10.0 Å². The van der Waals surface area contributed by atoms with Crippen LogP contribution in [0, 0.1) is 18.6 Å². The Hall–Kier alpha value is -1.96. The topological polar surface area (TPSA) is 63.8 Å². The summed E-state index contributed by atoms with van der Waals surface area (Å²) in [7, 11) is 0. The number of aromatic amines is 1. The SMILES string of the molecule is Cc1cc(C)n(-c2n[nH]c(=S)n2/N=C\c2c(Cl)cccc2Cl)n1. The summed E-state index contributed by atoms with van der Waals surface area (Å²) < 4.78 is 3.47. The molecule has 0 radical (unpaired) electrons. The summed E-state index contributed by atoms with van der Waals surface area (Å²) in [4.78, 5) is 0. The average Bonchev–Trinajstić information content (AvgIpc) is 3.01. The minimum absolute atomic E-state index is 0.340. The number of nitrogens with one attached hydrogen (secondary N) is 1. The molecule has 9 heteroatoms. The molecule has 0 spiro atoms. The van der Waals surface area contributed by atoms with Gasteiger partial charge >= 0.3 is 0 Å². The van der Waals surface area contributed by atoms with Gasteiger partial charge in [-0.1, -0.05) is 29.3 Å². The first-order valence-corrected chi connectivity index (χ1v) is 7.83. The third kappa shape index (κ3) is 3.08. The predicted molar refractivity (Wildman–Crippen MR) is 93.5 cm³/mol. The lowest BCUT2D eigenvalue weighted by Crippen LogP contribution is -2.07. The lowest BCUT2D eigenvalue weighted by Gasteiger charge is -2.04. The van der Waals surface area contributed by atoms with Crippen LogP contribution in [0.4, 0.5) is 0 Å². The van der Waals surface area contributed by atoms with Gasteiger partial charge < -0.3 is 0 Å². The van der Waals surface area contributed by atoms with E-state index in [-0.39, 0.29) is 0 Å². The van der Waals surface area contributed by atoms with Gasteiger partial charge in [0.05, 0.1) is 22.0 Å². The highest BCUT2D eigenvalue weighted by molar-refractivity contribution is 7.71. The number of rotatable bonds is 3. The highest BCUT2D eigenvalue weighted by Crippen LogP contribution is 2.22. The fourth-order valence-electron chi connectivity index (χ4n) is 2.11. The van der Waals surface area contributed by atoms with Gasteiger partial charge in [0.1, 0.15) is 0 Å². The van der Waals surface area contributed by atoms with Crippen molar-refractivity contribution >= 4 is 41.6 Å². The molecular weight excluding hydrogens is 355 g/mol. The Morgan fingerprint density at radius 3 is 2.57 bits per heavy atom. The zero-order valence-corrected chi connectivity index (χ0v) is 14.6. The maximum atomic E-state index is 6.14. The molecule has 0 saturated carbocycles. The lowest BCUT2D eigenvalue weighted by atomic mass is 10.2. The first-order chi connectivity index (χ1) is 11.0. The molecule has 1 N–H and O–H groups in total. The van der Waals surface area contributed by atoms with E-state index in [9.17, 15) is 0 Å². The average molecular weight is 367 g/mol. The van der Waals surface area contributed by atoms with Crippen LogP contribution >= 0.6 is 35.4 Å². The highest BCUT2D eigenvalue weighted by Gasteiger charge is 2.12. The van der Waals surface area contributed by atoms with Gasteiger partial charge in [0.15, 0.2) is 0 Å². The number of halogens is 2. The van der Waals surface area contributed by atoms with Crippen LogP contribution in [0.25, 0.3) is 5.95 Å². The molecule has 3 rings (SSSR count). The molecule has 0 unspecified atom stereocenters. The number of H-pyrrole nitrogens is 1. The number of nitrogens with zero attached hydrogens (tertiary/aromatic N) is 5. The van der Waals surface area contributed by atoms with E-state index < -0.39 is 0 Å². The molecule has 0 aliphatic carbocycles. The zero-order chi connectivity index (χ0) is 16.6.